The van der Waals surface area contributed by atoms with Gasteiger partial charge in [-0.3, -0.25) is 24.2 Å². The van der Waals surface area contributed by atoms with Gasteiger partial charge in [0.05, 0.1) is 16.3 Å². The Hall–Kier alpha value is -2.55. The Bertz CT molecular complexity index is 945. The van der Waals surface area contributed by atoms with Crippen LogP contribution in [0.4, 0.5) is 18.9 Å². The molecule has 0 fully saturated rings. The van der Waals surface area contributed by atoms with Crippen LogP contribution in [0.25, 0.3) is 0 Å². The minimum absolute atomic E-state index is 0.220. The summed E-state index contributed by atoms with van der Waals surface area (Å²) in [5.74, 6) is -1.62. The number of benzene rings is 1. The first-order valence-electron chi connectivity index (χ1n) is 7.50. The summed E-state index contributed by atoms with van der Waals surface area (Å²) >= 11 is 6.00. The van der Waals surface area contributed by atoms with Gasteiger partial charge in [0.1, 0.15) is 5.56 Å². The van der Waals surface area contributed by atoms with Gasteiger partial charge in [0, 0.05) is 24.7 Å². The molecule has 0 bridgehead atoms. The van der Waals surface area contributed by atoms with Gasteiger partial charge in [0.15, 0.2) is 0 Å². The zero-order chi connectivity index (χ0) is 19.8. The first-order valence-corrected chi connectivity index (χ1v) is 7.88. The number of halogens is 4. The van der Waals surface area contributed by atoms with Crippen molar-refractivity contribution >= 4 is 29.0 Å². The molecule has 6 nitrogen and oxygen atoms in total. The highest BCUT2D eigenvalue weighted by Crippen LogP contribution is 2.40. The van der Waals surface area contributed by atoms with Gasteiger partial charge in [0.25, 0.3) is 5.56 Å². The lowest BCUT2D eigenvalue weighted by molar-refractivity contribution is -0.137. The zero-order valence-electron chi connectivity index (χ0n) is 14.0. The van der Waals surface area contributed by atoms with E-state index < -0.39 is 39.7 Å². The SMILES string of the molecule is CCn1[nH]c(C)c(C(=O)c2ccc(C(F)(F)F)c(NC(C)=O)c2Cl)c1=O. The minimum Gasteiger partial charge on any atom is -0.324 e. The van der Waals surface area contributed by atoms with Crippen molar-refractivity contribution in [3.63, 3.8) is 0 Å². The second-order valence-electron chi connectivity index (χ2n) is 5.52. The third-order valence-electron chi connectivity index (χ3n) is 3.67. The Balaban J connectivity index is 2.68. The van der Waals surface area contributed by atoms with Crippen molar-refractivity contribution in [2.75, 3.05) is 5.32 Å². The Morgan fingerprint density at radius 3 is 2.38 bits per heavy atom. The van der Waals surface area contributed by atoms with Gasteiger partial charge < -0.3 is 5.32 Å². The van der Waals surface area contributed by atoms with Crippen LogP contribution in [0.2, 0.25) is 5.02 Å². The van der Waals surface area contributed by atoms with Gasteiger partial charge in [-0.2, -0.15) is 13.2 Å². The number of alkyl halides is 3. The van der Waals surface area contributed by atoms with Crippen molar-refractivity contribution in [1.29, 1.82) is 0 Å². The Labute approximate surface area is 150 Å². The van der Waals surface area contributed by atoms with E-state index in [1.165, 1.54) is 11.6 Å². The van der Waals surface area contributed by atoms with Crippen LogP contribution >= 0.6 is 11.6 Å². The first-order chi connectivity index (χ1) is 12.0. The predicted octanol–water partition coefficient (Wildman–Crippen LogP) is 3.37. The molecule has 1 aromatic carbocycles. The maximum absolute atomic E-state index is 13.2. The van der Waals surface area contributed by atoms with Crippen LogP contribution in [-0.4, -0.2) is 21.5 Å². The molecule has 1 aromatic heterocycles. The van der Waals surface area contributed by atoms with Crippen molar-refractivity contribution < 1.29 is 22.8 Å². The molecule has 0 aliphatic carbocycles. The molecule has 0 aliphatic heterocycles. The molecular formula is C16H15ClF3N3O3. The van der Waals surface area contributed by atoms with E-state index in [9.17, 15) is 27.6 Å². The van der Waals surface area contributed by atoms with Crippen LogP contribution in [0.15, 0.2) is 16.9 Å². The maximum Gasteiger partial charge on any atom is 0.418 e. The highest BCUT2D eigenvalue weighted by Gasteiger charge is 2.36. The zero-order valence-corrected chi connectivity index (χ0v) is 14.8. The summed E-state index contributed by atoms with van der Waals surface area (Å²) in [6.45, 7) is 4.48. The van der Waals surface area contributed by atoms with Gasteiger partial charge in [-0.25, -0.2) is 0 Å². The molecule has 26 heavy (non-hydrogen) atoms. The van der Waals surface area contributed by atoms with Crippen molar-refractivity contribution in [3.8, 4) is 0 Å². The fourth-order valence-electron chi connectivity index (χ4n) is 2.52. The summed E-state index contributed by atoms with van der Waals surface area (Å²) in [4.78, 5) is 36.2. The molecule has 0 saturated carbocycles. The molecule has 0 unspecified atom stereocenters. The van der Waals surface area contributed by atoms with Crippen molar-refractivity contribution in [1.82, 2.24) is 9.78 Å². The van der Waals surface area contributed by atoms with E-state index in [0.717, 1.165) is 13.0 Å². The number of nitrogens with one attached hydrogen (secondary N) is 2. The van der Waals surface area contributed by atoms with E-state index in [1.54, 1.807) is 6.92 Å². The number of hydrogen-bond acceptors (Lipinski definition) is 3. The lowest BCUT2D eigenvalue weighted by Gasteiger charge is -2.16. The number of aromatic nitrogens is 2. The highest BCUT2D eigenvalue weighted by atomic mass is 35.5. The second-order valence-corrected chi connectivity index (χ2v) is 5.90. The van der Waals surface area contributed by atoms with E-state index in [0.29, 0.717) is 6.07 Å². The van der Waals surface area contributed by atoms with Crippen LogP contribution in [0.3, 0.4) is 0 Å². The third-order valence-corrected chi connectivity index (χ3v) is 4.07. The molecule has 0 saturated heterocycles. The van der Waals surface area contributed by atoms with Gasteiger partial charge in [-0.05, 0) is 26.0 Å². The number of aryl methyl sites for hydroxylation is 2. The van der Waals surface area contributed by atoms with Crippen LogP contribution in [0.1, 0.15) is 41.0 Å². The summed E-state index contributed by atoms with van der Waals surface area (Å²) in [5.41, 5.74) is -2.79. The Morgan fingerprint density at radius 2 is 1.92 bits per heavy atom. The Morgan fingerprint density at radius 1 is 1.31 bits per heavy atom. The molecule has 0 atom stereocenters. The number of carbonyl (C=O) groups is 2. The molecule has 0 radical (unpaired) electrons. The molecular weight excluding hydrogens is 375 g/mol. The second kappa shape index (κ2) is 6.99. The average Bonchev–Trinajstić information content (AvgIpc) is 2.81. The normalized spacial score (nSPS) is 11.5. The predicted molar refractivity (Wildman–Crippen MR) is 89.7 cm³/mol. The average molecular weight is 390 g/mol. The quantitative estimate of drug-likeness (QED) is 0.786. The number of carbonyl (C=O) groups excluding carboxylic acids is 2. The smallest absolute Gasteiger partial charge is 0.324 e. The van der Waals surface area contributed by atoms with Crippen LogP contribution < -0.4 is 10.9 Å². The summed E-state index contributed by atoms with van der Waals surface area (Å²) < 4.78 is 40.7. The van der Waals surface area contributed by atoms with Crippen LogP contribution in [0, 0.1) is 6.92 Å². The summed E-state index contributed by atoms with van der Waals surface area (Å²) in [6, 6.07) is 1.53. The first kappa shape index (κ1) is 19.8. The molecule has 140 valence electrons. The van der Waals surface area contributed by atoms with Crippen molar-refractivity contribution in [2.45, 2.75) is 33.5 Å². The Kier molecular flexibility index (Phi) is 5.31. The van der Waals surface area contributed by atoms with Crippen LogP contribution in [0.5, 0.6) is 0 Å². The minimum atomic E-state index is -4.79. The van der Waals surface area contributed by atoms with Crippen molar-refractivity contribution in [3.05, 3.63) is 49.9 Å². The number of anilines is 1. The van der Waals surface area contributed by atoms with Crippen molar-refractivity contribution in [2.24, 2.45) is 0 Å². The topological polar surface area (TPSA) is 84.0 Å². The van der Waals surface area contributed by atoms with E-state index in [2.05, 4.69) is 5.10 Å². The number of amides is 1. The summed E-state index contributed by atoms with van der Waals surface area (Å²) in [6.07, 6.45) is -4.79. The number of rotatable bonds is 4. The number of aromatic amines is 1. The van der Waals surface area contributed by atoms with Gasteiger partial charge >= 0.3 is 6.18 Å². The van der Waals surface area contributed by atoms with E-state index in [4.69, 9.17) is 11.6 Å². The number of H-pyrrole nitrogens is 1. The molecule has 2 aromatic rings. The standard InChI is InChI=1S/C16H15ClF3N3O3/c1-4-23-15(26)11(7(2)22-23)14(25)9-5-6-10(16(18,19)20)13(12(9)17)21-8(3)24/h5-6,22H,4H2,1-3H3,(H,21,24). The molecule has 10 heteroatoms. The molecule has 0 aliphatic rings. The molecule has 1 amide bonds. The molecule has 2 N–H and O–H groups in total. The third kappa shape index (κ3) is 3.52. The summed E-state index contributed by atoms with van der Waals surface area (Å²) in [7, 11) is 0. The fraction of sp³-hybridized carbons (Fsp3) is 0.312. The number of hydrogen-bond donors (Lipinski definition) is 2. The van der Waals surface area contributed by atoms with E-state index >= 15 is 0 Å². The maximum atomic E-state index is 13.2. The lowest BCUT2D eigenvalue weighted by atomic mass is 10.0. The number of nitrogens with zero attached hydrogens (tertiary/aromatic N) is 1. The van der Waals surface area contributed by atoms with E-state index in [1.807, 2.05) is 5.32 Å². The fourth-order valence-corrected chi connectivity index (χ4v) is 2.81. The van der Waals surface area contributed by atoms with Gasteiger partial charge in [-0.1, -0.05) is 11.6 Å². The van der Waals surface area contributed by atoms with Crippen LogP contribution in [-0.2, 0) is 17.5 Å². The molecule has 2 rings (SSSR count). The number of ketones is 1. The largest absolute Gasteiger partial charge is 0.418 e. The monoisotopic (exact) mass is 389 g/mol. The highest BCUT2D eigenvalue weighted by molar-refractivity contribution is 6.38. The van der Waals surface area contributed by atoms with E-state index in [-0.39, 0.29) is 23.4 Å². The van der Waals surface area contributed by atoms with Gasteiger partial charge in [-0.15, -0.1) is 0 Å². The molecule has 0 spiro atoms. The lowest BCUT2D eigenvalue weighted by Crippen LogP contribution is -2.22. The van der Waals surface area contributed by atoms with Gasteiger partial charge in [0.2, 0.25) is 11.7 Å². The molecule has 1 heterocycles. The summed E-state index contributed by atoms with van der Waals surface area (Å²) in [5, 5.41) is 4.13.